The maximum Gasteiger partial charge on any atom is 0.299 e. The zero-order valence-corrected chi connectivity index (χ0v) is 51.8. The number of fused-ring (bicyclic) bond motifs is 5. The third-order valence-electron chi connectivity index (χ3n) is 11.7. The summed E-state index contributed by atoms with van der Waals surface area (Å²) in [5.74, 6) is -2.42. The number of para-hydroxylation sites is 2. The topological polar surface area (TPSA) is 524 Å². The molecule has 0 saturated carbocycles. The fourth-order valence-electron chi connectivity index (χ4n) is 8.32. The summed E-state index contributed by atoms with van der Waals surface area (Å²) in [5, 5.41) is 95.8. The molecular weight excluding hydrogens is 1350 g/mol. The van der Waals surface area contributed by atoms with Crippen molar-refractivity contribution in [1.29, 1.82) is 5.26 Å². The third-order valence-corrected chi connectivity index (χ3v) is 17.3. The highest BCUT2D eigenvalue weighted by molar-refractivity contribution is 7.95. The van der Waals surface area contributed by atoms with Crippen molar-refractivity contribution in [3.05, 3.63) is 71.8 Å². The molecule has 8 aromatic rings. The van der Waals surface area contributed by atoms with Crippen LogP contribution >= 0.6 is 47.5 Å². The van der Waals surface area contributed by atoms with Crippen LogP contribution in [-0.4, -0.2) is 137 Å². The first-order valence-corrected chi connectivity index (χ1v) is 33.4. The molecule has 0 amide bonds. The Morgan fingerprint density at radius 3 is 1.96 bits per heavy atom. The number of thiazole rings is 1. The fourth-order valence-corrected chi connectivity index (χ4v) is 13.1. The van der Waals surface area contributed by atoms with Crippen LogP contribution in [-0.2, 0) is 68.6 Å². The van der Waals surface area contributed by atoms with E-state index in [4.69, 9.17) is 28.9 Å². The fraction of sp³-hybridized carbons (Fsp3) is 0.222. The molecule has 0 saturated heterocycles. The lowest BCUT2D eigenvalue weighted by atomic mass is 10.1. The molecule has 3 aromatic heterocycles. The van der Waals surface area contributed by atoms with Gasteiger partial charge >= 0.3 is 0 Å². The van der Waals surface area contributed by atoms with E-state index < -0.39 is 90.2 Å². The molecule has 476 valence electrons. The van der Waals surface area contributed by atoms with Gasteiger partial charge in [-0.05, 0) is 62.2 Å². The van der Waals surface area contributed by atoms with Crippen LogP contribution in [0.1, 0.15) is 24.0 Å². The molecule has 0 fully saturated rings. The monoisotopic (exact) mass is 1390 g/mol. The van der Waals surface area contributed by atoms with E-state index >= 15 is 0 Å². The van der Waals surface area contributed by atoms with Crippen molar-refractivity contribution in [2.75, 3.05) is 50.0 Å². The molecule has 0 aliphatic rings. The van der Waals surface area contributed by atoms with Crippen molar-refractivity contribution in [3.63, 3.8) is 0 Å². The van der Waals surface area contributed by atoms with Crippen molar-refractivity contribution in [3.8, 4) is 29.2 Å². The quantitative estimate of drug-likeness (QED) is 0.00577. The number of anilines is 1. The molecule has 0 bridgehead atoms. The number of phenolic OH excluding ortho intramolecular Hbond substituents is 1. The molecule has 0 aliphatic heterocycles. The van der Waals surface area contributed by atoms with Crippen LogP contribution in [0.2, 0.25) is 0 Å². The highest BCUT2D eigenvalue weighted by Gasteiger charge is 2.30. The van der Waals surface area contributed by atoms with Gasteiger partial charge in [-0.25, -0.2) is 25.7 Å². The van der Waals surface area contributed by atoms with Gasteiger partial charge in [0.05, 0.1) is 87.0 Å². The zero-order valence-electron chi connectivity index (χ0n) is 45.3. The van der Waals surface area contributed by atoms with Gasteiger partial charge in [0.25, 0.3) is 40.5 Å². The number of imidazole rings is 1. The summed E-state index contributed by atoms with van der Waals surface area (Å²) in [4.78, 5) is 8.18. The molecule has 89 heavy (non-hydrogen) atoms. The van der Waals surface area contributed by atoms with Crippen LogP contribution in [0.25, 0.3) is 37.7 Å². The summed E-state index contributed by atoms with van der Waals surface area (Å²) in [5.41, 5.74) is -0.503. The molecule has 8 rings (SSSR count). The lowest BCUT2D eigenvalue weighted by Crippen LogP contribution is -2.27. The van der Waals surface area contributed by atoms with Crippen molar-refractivity contribution in [2.45, 2.75) is 39.3 Å². The van der Waals surface area contributed by atoms with E-state index in [0.29, 0.717) is 52.7 Å². The van der Waals surface area contributed by atoms with Crippen LogP contribution in [0.15, 0.2) is 111 Å². The van der Waals surface area contributed by atoms with Gasteiger partial charge in [-0.3, -0.25) is 22.6 Å². The number of nitriles is 1. The van der Waals surface area contributed by atoms with Crippen LogP contribution in [0.5, 0.6) is 23.1 Å². The Hall–Kier alpha value is -7.18. The van der Waals surface area contributed by atoms with Gasteiger partial charge < -0.3 is 24.6 Å². The van der Waals surface area contributed by atoms with Gasteiger partial charge in [0.2, 0.25) is 11.0 Å². The second-order valence-electron chi connectivity index (χ2n) is 17.4. The Morgan fingerprint density at radius 1 is 0.697 bits per heavy atom. The number of hydrogen-bond acceptors (Lipinski definition) is 35. The first-order valence-electron chi connectivity index (χ1n) is 23.9. The highest BCUT2D eigenvalue weighted by Crippen LogP contribution is 2.50. The molecule has 44 heteroatoms. The van der Waals surface area contributed by atoms with Gasteiger partial charge in [0.1, 0.15) is 45.0 Å². The summed E-state index contributed by atoms with van der Waals surface area (Å²) in [6.07, 6.45) is 0.721. The normalized spacial score (nSPS) is 12.5. The maximum absolute atomic E-state index is 13.3. The summed E-state index contributed by atoms with van der Waals surface area (Å²) >= 11 is 1.82. The smallest absolute Gasteiger partial charge is 0.299 e. The number of aromatic hydroxyl groups is 2. The highest BCUT2D eigenvalue weighted by atomic mass is 32.2. The number of hydrogen-bond donors (Lipinski definition) is 9. The predicted octanol–water partition coefficient (Wildman–Crippen LogP) is 10.5. The number of nitrogens with zero attached hydrogens (tertiary/aromatic N) is 11. The SMILES string of the molecule is COc1cc(N=Nc2c(SOOO)cc3c(S(=O)(=O)O)c(N=Nc4c(C)c(C#N)c5nc6ccccc6n5c4O)ccc3c2O)c(N(CCCSOOO)CCCS(=O)(=O)O)cc1N=Nc1nc2cc(SOOO)c(OC)c(S(=O)(=O)O)c2s1.CS(=O)(=O)O. The molecule has 0 aliphatic carbocycles. The Bertz CT molecular complexity index is 4600. The number of phenols is 1. The van der Waals surface area contributed by atoms with Gasteiger partial charge in [-0.15, -0.1) is 43.7 Å². The maximum atomic E-state index is 13.3. The Kier molecular flexibility index (Phi) is 23.1. The van der Waals surface area contributed by atoms with Crippen molar-refractivity contribution in [1.82, 2.24) is 14.4 Å². The number of azo groups is 3. The average Bonchev–Trinajstić information content (AvgIpc) is 1.80. The molecular formula is C45H43N11O25S8. The van der Waals surface area contributed by atoms with Crippen molar-refractivity contribution < 1.29 is 115 Å². The molecule has 0 spiro atoms. The number of benzene rings is 5. The van der Waals surface area contributed by atoms with Gasteiger partial charge in [0.15, 0.2) is 27.7 Å². The Labute approximate surface area is 517 Å². The number of ether oxygens (including phenoxy) is 2. The lowest BCUT2D eigenvalue weighted by molar-refractivity contribution is -0.432. The number of aromatic nitrogens is 3. The molecule has 9 N–H and O–H groups in total. The standard InChI is InChI=1S/C44H39N11O22S7.CH4O3S/c1-21-24(20-45)42-46-25-8-4-5-9-30(25)55(42)43(57)35(21)51-48-26-11-10-22-23(40(26)83(64,65)66)16-33(80-76-73-59)36(37(22)56)52-49-27-18-32(70-2)28(17-31(27)54(12-6-14-78-75-72-58)13-7-15-82(61,62)63)50-53-44-47-29-19-34(81-77-74-60)38(71-3)41(39(29)79-44)84(67,68)69;1-5(2,3)4/h4-5,8-11,16-19,56-60H,6-7,12-15H2,1-3H3,(H,61,62,63)(H,64,65,66)(H,67,68,69);1H3,(H,2,3,4). The van der Waals surface area contributed by atoms with E-state index in [2.05, 4.69) is 64.4 Å². The van der Waals surface area contributed by atoms with Crippen LogP contribution in [0, 0.1) is 18.3 Å². The number of methoxy groups -OCH3 is 2. The first kappa shape index (κ1) is 69.3. The molecule has 36 nitrogen and oxygen atoms in total. The summed E-state index contributed by atoms with van der Waals surface area (Å²) < 4.78 is 158. The van der Waals surface area contributed by atoms with E-state index in [1.807, 2.05) is 6.07 Å². The molecule has 0 atom stereocenters. The minimum atomic E-state index is -5.33. The van der Waals surface area contributed by atoms with E-state index in [0.717, 1.165) is 19.2 Å². The number of rotatable bonds is 27. The first-order chi connectivity index (χ1) is 42.1. The van der Waals surface area contributed by atoms with Crippen LogP contribution < -0.4 is 14.4 Å². The molecule has 0 unspecified atom stereocenters. The van der Waals surface area contributed by atoms with Crippen molar-refractivity contribution in [2.24, 2.45) is 30.7 Å². The minimum Gasteiger partial charge on any atom is -0.505 e. The molecule has 5 aromatic carbocycles. The van der Waals surface area contributed by atoms with E-state index in [1.165, 1.54) is 42.7 Å². The second kappa shape index (κ2) is 29.6. The van der Waals surface area contributed by atoms with Crippen molar-refractivity contribution >= 4 is 165 Å². The van der Waals surface area contributed by atoms with E-state index in [9.17, 15) is 68.1 Å². The molecule has 0 radical (unpaired) electrons. The summed E-state index contributed by atoms with van der Waals surface area (Å²) in [7, 11) is -16.2. The lowest BCUT2D eigenvalue weighted by Gasteiger charge is -2.26. The summed E-state index contributed by atoms with van der Waals surface area (Å²) in [6, 6.07) is 15.8. The number of pyridine rings is 1. The minimum absolute atomic E-state index is 0.00379. The summed E-state index contributed by atoms with van der Waals surface area (Å²) in [6.45, 7) is 1.33. The average molecular weight is 1390 g/mol. The Balaban J connectivity index is 0.00000217. The van der Waals surface area contributed by atoms with E-state index in [1.54, 1.807) is 29.2 Å². The predicted molar refractivity (Wildman–Crippen MR) is 315 cm³/mol. The Morgan fingerprint density at radius 2 is 1.33 bits per heavy atom. The van der Waals surface area contributed by atoms with E-state index in [-0.39, 0.29) is 120 Å². The van der Waals surface area contributed by atoms with Gasteiger partial charge in [0, 0.05) is 53.3 Å². The zero-order chi connectivity index (χ0) is 65.2. The van der Waals surface area contributed by atoms with Crippen LogP contribution in [0.3, 0.4) is 0 Å². The largest absolute Gasteiger partial charge is 0.505 e. The van der Waals surface area contributed by atoms with Gasteiger partial charge in [-0.2, -0.15) is 38.9 Å². The van der Waals surface area contributed by atoms with Crippen LogP contribution in [0.4, 0.5) is 39.3 Å². The van der Waals surface area contributed by atoms with Gasteiger partial charge in [-0.1, -0.05) is 38.6 Å². The third kappa shape index (κ3) is 17.0. The molecule has 3 heterocycles. The second-order valence-corrected chi connectivity index (χ2v) is 26.4.